The van der Waals surface area contributed by atoms with E-state index in [1.807, 2.05) is 24.5 Å². The van der Waals surface area contributed by atoms with E-state index in [0.717, 1.165) is 43.5 Å². The third-order valence-corrected chi connectivity index (χ3v) is 5.81. The lowest BCUT2D eigenvalue weighted by Crippen LogP contribution is -2.36. The Balaban J connectivity index is 1.27. The van der Waals surface area contributed by atoms with E-state index in [1.54, 1.807) is 12.5 Å². The topological polar surface area (TPSA) is 105 Å². The minimum absolute atomic E-state index is 0.0361. The number of hydrogen-bond donors (Lipinski definition) is 3. The van der Waals surface area contributed by atoms with Crippen LogP contribution in [0.5, 0.6) is 0 Å². The highest BCUT2D eigenvalue weighted by Crippen LogP contribution is 2.24. The summed E-state index contributed by atoms with van der Waals surface area (Å²) >= 11 is 1.49. The molecule has 2 aromatic heterocycles. The van der Waals surface area contributed by atoms with Gasteiger partial charge in [0.15, 0.2) is 0 Å². The smallest absolute Gasteiger partial charge is 0.258 e. The van der Waals surface area contributed by atoms with Crippen LogP contribution in [0.4, 0.5) is 5.95 Å². The van der Waals surface area contributed by atoms with Gasteiger partial charge >= 0.3 is 0 Å². The summed E-state index contributed by atoms with van der Waals surface area (Å²) in [6.07, 6.45) is 13.1. The van der Waals surface area contributed by atoms with Crippen molar-refractivity contribution in [1.82, 2.24) is 30.6 Å². The van der Waals surface area contributed by atoms with Crippen molar-refractivity contribution in [2.45, 2.75) is 44.3 Å². The first kappa shape index (κ1) is 18.8. The zero-order valence-electron chi connectivity index (χ0n) is 15.5. The molecule has 3 heterocycles. The van der Waals surface area contributed by atoms with Gasteiger partial charge in [0.25, 0.3) is 5.91 Å². The Morgan fingerprint density at radius 1 is 1.18 bits per heavy atom. The summed E-state index contributed by atoms with van der Waals surface area (Å²) in [5, 5.41) is 9.81. The molecule has 4 rings (SSSR count). The van der Waals surface area contributed by atoms with Crippen molar-refractivity contribution in [3.8, 4) is 0 Å². The third-order valence-electron chi connectivity index (χ3n) is 4.91. The first-order valence-electron chi connectivity index (χ1n) is 9.46. The zero-order chi connectivity index (χ0) is 19.2. The number of nitrogens with one attached hydrogen (secondary N) is 3. The minimum Gasteiger partial charge on any atom is -0.351 e. The first-order valence-corrected chi connectivity index (χ1v) is 10.4. The van der Waals surface area contributed by atoms with Gasteiger partial charge in [-0.05, 0) is 37.8 Å². The van der Waals surface area contributed by atoms with Crippen LogP contribution in [0.15, 0.2) is 35.9 Å². The number of hydrogen-bond acceptors (Lipinski definition) is 8. The molecule has 1 aliphatic carbocycles. The molecule has 0 aromatic carbocycles. The molecule has 1 amide bonds. The fourth-order valence-corrected chi connectivity index (χ4v) is 4.17. The van der Waals surface area contributed by atoms with E-state index in [2.05, 4.69) is 35.9 Å². The molecule has 8 nitrogen and oxygen atoms in total. The van der Waals surface area contributed by atoms with E-state index >= 15 is 0 Å². The van der Waals surface area contributed by atoms with Crippen molar-refractivity contribution in [2.75, 3.05) is 11.2 Å². The van der Waals surface area contributed by atoms with Crippen LogP contribution in [-0.4, -0.2) is 43.8 Å². The largest absolute Gasteiger partial charge is 0.351 e. The second kappa shape index (κ2) is 9.11. The molecule has 2 fully saturated rings. The molecule has 2 aromatic rings. The van der Waals surface area contributed by atoms with Gasteiger partial charge in [-0.2, -0.15) is 0 Å². The Bertz CT molecular complexity index is 837. The number of rotatable bonds is 6. The molecule has 0 spiro atoms. The molecule has 146 valence electrons. The average Bonchev–Trinajstić information content (AvgIpc) is 3.13. The van der Waals surface area contributed by atoms with Crippen LogP contribution in [-0.2, 0) is 11.3 Å². The van der Waals surface area contributed by atoms with Crippen molar-refractivity contribution in [1.29, 1.82) is 0 Å². The predicted molar refractivity (Wildman–Crippen MR) is 109 cm³/mol. The normalized spacial score (nSPS) is 23.6. The Morgan fingerprint density at radius 2 is 1.96 bits per heavy atom. The molecule has 1 saturated heterocycles. The highest BCUT2D eigenvalue weighted by atomic mass is 32.2. The number of nitrogens with zero attached hydrogens (tertiary/aromatic N) is 4. The lowest BCUT2D eigenvalue weighted by molar-refractivity contribution is -0.116. The molecule has 2 aliphatic rings. The lowest BCUT2D eigenvalue weighted by atomic mass is 9.91. The van der Waals surface area contributed by atoms with E-state index in [4.69, 9.17) is 0 Å². The summed E-state index contributed by atoms with van der Waals surface area (Å²) in [4.78, 5) is 29.3. The molecule has 0 bridgehead atoms. The monoisotopic (exact) mass is 397 g/mol. The highest BCUT2D eigenvalue weighted by molar-refractivity contribution is 8.04. The van der Waals surface area contributed by atoms with Gasteiger partial charge in [0.1, 0.15) is 6.33 Å². The van der Waals surface area contributed by atoms with Gasteiger partial charge in [-0.15, -0.1) is 0 Å². The number of carbonyl (C=O) groups excluding carboxylic acids is 1. The maximum absolute atomic E-state index is 11.7. The number of amides is 1. The van der Waals surface area contributed by atoms with Gasteiger partial charge in [0.2, 0.25) is 5.95 Å². The molecule has 0 atom stereocenters. The van der Waals surface area contributed by atoms with Crippen LogP contribution in [0.25, 0.3) is 6.08 Å². The summed E-state index contributed by atoms with van der Waals surface area (Å²) in [5.74, 6) is 1.21. The maximum atomic E-state index is 11.7. The molecule has 3 N–H and O–H groups in total. The zero-order valence-corrected chi connectivity index (χ0v) is 16.3. The predicted octanol–water partition coefficient (Wildman–Crippen LogP) is 1.94. The molecular weight excluding hydrogens is 374 g/mol. The van der Waals surface area contributed by atoms with Gasteiger partial charge in [-0.1, -0.05) is 11.8 Å². The molecule has 0 unspecified atom stereocenters. The summed E-state index contributed by atoms with van der Waals surface area (Å²) in [7, 11) is 0. The van der Waals surface area contributed by atoms with Crippen LogP contribution >= 0.6 is 11.8 Å². The van der Waals surface area contributed by atoms with Crippen molar-refractivity contribution in [2.24, 2.45) is 0 Å². The summed E-state index contributed by atoms with van der Waals surface area (Å²) in [6.45, 7) is 0.801. The van der Waals surface area contributed by atoms with Gasteiger partial charge < -0.3 is 16.0 Å². The quantitative estimate of drug-likeness (QED) is 0.635. The van der Waals surface area contributed by atoms with Crippen molar-refractivity contribution in [3.63, 3.8) is 0 Å². The van der Waals surface area contributed by atoms with Crippen LogP contribution < -0.4 is 16.0 Å². The Labute approximate surface area is 168 Å². The Morgan fingerprint density at radius 3 is 2.71 bits per heavy atom. The SMILES string of the molecule is O=C1NCS/C1=C\c1ccnc(NC2CCC(NCc3cncnc3)CC2)n1. The molecular formula is C19H23N7OS. The van der Waals surface area contributed by atoms with Gasteiger partial charge in [0.05, 0.1) is 16.5 Å². The second-order valence-electron chi connectivity index (χ2n) is 6.93. The van der Waals surface area contributed by atoms with E-state index in [0.29, 0.717) is 28.8 Å². The molecule has 28 heavy (non-hydrogen) atoms. The van der Waals surface area contributed by atoms with Gasteiger partial charge in [-0.25, -0.2) is 19.9 Å². The van der Waals surface area contributed by atoms with Gasteiger partial charge in [-0.3, -0.25) is 4.79 Å². The molecule has 1 saturated carbocycles. The van der Waals surface area contributed by atoms with Gasteiger partial charge in [0, 0.05) is 42.8 Å². The minimum atomic E-state index is -0.0361. The summed E-state index contributed by atoms with van der Waals surface area (Å²) in [6, 6.07) is 2.69. The standard InChI is InChI=1S/C19H23N7OS/c27-18-17(28-12-24-18)7-16-5-6-22-19(26-16)25-15-3-1-14(2-4-15)23-10-13-8-20-11-21-9-13/h5-9,11,14-15,23H,1-4,10,12H2,(H,24,27)(H,22,25,26)/b17-7-. The molecule has 1 aliphatic heterocycles. The summed E-state index contributed by atoms with van der Waals surface area (Å²) < 4.78 is 0. The van der Waals surface area contributed by atoms with Crippen LogP contribution in [0.1, 0.15) is 36.9 Å². The fourth-order valence-electron chi connectivity index (χ4n) is 3.40. The van der Waals surface area contributed by atoms with Crippen LogP contribution in [0.2, 0.25) is 0 Å². The summed E-state index contributed by atoms with van der Waals surface area (Å²) in [5.41, 5.74) is 1.86. The van der Waals surface area contributed by atoms with Crippen LogP contribution in [0.3, 0.4) is 0 Å². The second-order valence-corrected chi connectivity index (χ2v) is 7.95. The van der Waals surface area contributed by atoms with E-state index < -0.39 is 0 Å². The van der Waals surface area contributed by atoms with E-state index in [1.165, 1.54) is 11.8 Å². The maximum Gasteiger partial charge on any atom is 0.258 e. The number of aromatic nitrogens is 4. The number of thioether (sulfide) groups is 1. The molecule has 0 radical (unpaired) electrons. The lowest BCUT2D eigenvalue weighted by Gasteiger charge is -2.29. The molecule has 9 heteroatoms. The fraction of sp³-hybridized carbons (Fsp3) is 0.421. The number of anilines is 1. The van der Waals surface area contributed by atoms with Crippen molar-refractivity contribution in [3.05, 3.63) is 47.1 Å². The average molecular weight is 398 g/mol. The Kier molecular flexibility index (Phi) is 6.13. The number of carbonyl (C=O) groups is 1. The van der Waals surface area contributed by atoms with Crippen molar-refractivity contribution >= 4 is 29.7 Å². The third kappa shape index (κ3) is 5.05. The Hall–Kier alpha value is -2.52. The van der Waals surface area contributed by atoms with E-state index in [9.17, 15) is 4.79 Å². The van der Waals surface area contributed by atoms with E-state index in [-0.39, 0.29) is 5.91 Å². The first-order chi connectivity index (χ1) is 13.8. The highest BCUT2D eigenvalue weighted by Gasteiger charge is 2.21. The van der Waals surface area contributed by atoms with Crippen molar-refractivity contribution < 1.29 is 4.79 Å². The van der Waals surface area contributed by atoms with Crippen LogP contribution in [0, 0.1) is 0 Å².